The number of nitrogens with zero attached hydrogens (tertiary/aromatic N) is 3. The maximum Gasteiger partial charge on any atom is 0.205 e. The van der Waals surface area contributed by atoms with Gasteiger partial charge < -0.3 is 10.2 Å². The van der Waals surface area contributed by atoms with Crippen LogP contribution < -0.4 is 10.2 Å². The molecule has 19 heavy (non-hydrogen) atoms. The Morgan fingerprint density at radius 2 is 2.05 bits per heavy atom. The van der Waals surface area contributed by atoms with Gasteiger partial charge >= 0.3 is 0 Å². The van der Waals surface area contributed by atoms with Gasteiger partial charge in [-0.15, -0.1) is 0 Å². The average molecular weight is 280 g/mol. The zero-order valence-corrected chi connectivity index (χ0v) is 12.7. The van der Waals surface area contributed by atoms with Crippen molar-refractivity contribution < 1.29 is 0 Å². The largest absolute Gasteiger partial charge is 0.347 e. The highest BCUT2D eigenvalue weighted by atomic mass is 32.1. The van der Waals surface area contributed by atoms with Gasteiger partial charge in [0.25, 0.3) is 0 Å². The van der Waals surface area contributed by atoms with Gasteiger partial charge in [0.15, 0.2) is 0 Å². The van der Waals surface area contributed by atoms with E-state index in [1.807, 2.05) is 0 Å². The summed E-state index contributed by atoms with van der Waals surface area (Å²) in [4.78, 5) is 7.10. The number of aromatic nitrogens is 2. The molecule has 4 nitrogen and oxygen atoms in total. The Kier molecular flexibility index (Phi) is 4.03. The van der Waals surface area contributed by atoms with Gasteiger partial charge in [-0.05, 0) is 38.1 Å². The summed E-state index contributed by atoms with van der Waals surface area (Å²) in [5, 5.41) is 4.78. The van der Waals surface area contributed by atoms with Gasteiger partial charge in [0, 0.05) is 36.6 Å². The highest BCUT2D eigenvalue weighted by molar-refractivity contribution is 7.09. The molecule has 0 aromatic carbocycles. The molecule has 2 saturated heterocycles. The molecule has 1 aromatic rings. The Bertz CT molecular complexity index is 403. The molecule has 1 aromatic heterocycles. The summed E-state index contributed by atoms with van der Waals surface area (Å²) < 4.78 is 4.46. The lowest BCUT2D eigenvalue weighted by molar-refractivity contribution is 0.319. The van der Waals surface area contributed by atoms with E-state index in [1.165, 1.54) is 32.2 Å². The summed E-state index contributed by atoms with van der Waals surface area (Å²) in [6, 6.07) is 0.780. The summed E-state index contributed by atoms with van der Waals surface area (Å²) in [5.41, 5.74) is 0. The zero-order chi connectivity index (χ0) is 13.2. The first-order valence-corrected chi connectivity index (χ1v) is 8.33. The van der Waals surface area contributed by atoms with Crippen molar-refractivity contribution in [2.24, 2.45) is 5.92 Å². The van der Waals surface area contributed by atoms with E-state index < -0.39 is 0 Å². The van der Waals surface area contributed by atoms with E-state index in [0.717, 1.165) is 36.0 Å². The molecule has 3 rings (SSSR count). The maximum absolute atomic E-state index is 4.67. The molecule has 0 amide bonds. The van der Waals surface area contributed by atoms with E-state index in [-0.39, 0.29) is 0 Å². The molecule has 0 radical (unpaired) electrons. The van der Waals surface area contributed by atoms with Crippen molar-refractivity contribution in [3.05, 3.63) is 5.82 Å². The summed E-state index contributed by atoms with van der Waals surface area (Å²) in [5.74, 6) is 2.31. The first kappa shape index (κ1) is 13.3. The Balaban J connectivity index is 1.56. The summed E-state index contributed by atoms with van der Waals surface area (Å²) >= 11 is 1.57. The Morgan fingerprint density at radius 3 is 2.63 bits per heavy atom. The van der Waals surface area contributed by atoms with E-state index in [0.29, 0.717) is 5.92 Å². The third kappa shape index (κ3) is 2.92. The SMILES string of the molecule is CC(C)c1nsc(N2CCC(C3CCCN3)CC2)n1. The van der Waals surface area contributed by atoms with E-state index in [2.05, 4.69) is 33.4 Å². The van der Waals surface area contributed by atoms with Gasteiger partial charge in [-0.3, -0.25) is 0 Å². The molecule has 1 unspecified atom stereocenters. The van der Waals surface area contributed by atoms with Crippen LogP contribution in [-0.4, -0.2) is 35.0 Å². The van der Waals surface area contributed by atoms with Crippen molar-refractivity contribution in [1.29, 1.82) is 0 Å². The molecule has 2 aliphatic heterocycles. The van der Waals surface area contributed by atoms with E-state index in [1.54, 1.807) is 11.5 Å². The highest BCUT2D eigenvalue weighted by Gasteiger charge is 2.29. The standard InChI is InChI=1S/C14H24N4S/c1-10(2)13-16-14(19-17-13)18-8-5-11(6-9-18)12-4-3-7-15-12/h10-12,15H,3-9H2,1-2H3. The molecule has 0 aliphatic carbocycles. The molecule has 1 atom stereocenters. The lowest BCUT2D eigenvalue weighted by atomic mass is 9.89. The van der Waals surface area contributed by atoms with Crippen molar-refractivity contribution >= 4 is 16.7 Å². The Morgan fingerprint density at radius 1 is 1.26 bits per heavy atom. The van der Waals surface area contributed by atoms with Crippen LogP contribution in [0.15, 0.2) is 0 Å². The molecule has 2 fully saturated rings. The smallest absolute Gasteiger partial charge is 0.205 e. The fourth-order valence-electron chi connectivity index (χ4n) is 3.20. The van der Waals surface area contributed by atoms with Gasteiger partial charge in [0.2, 0.25) is 5.13 Å². The van der Waals surface area contributed by atoms with Gasteiger partial charge in [0.1, 0.15) is 5.82 Å². The number of hydrogen-bond acceptors (Lipinski definition) is 5. The van der Waals surface area contributed by atoms with Crippen molar-refractivity contribution in [1.82, 2.24) is 14.7 Å². The third-order valence-corrected chi connectivity index (χ3v) is 5.22. The molecule has 106 valence electrons. The third-order valence-electron chi connectivity index (χ3n) is 4.43. The molecular formula is C14H24N4S. The molecule has 1 N–H and O–H groups in total. The summed E-state index contributed by atoms with van der Waals surface area (Å²) in [6.45, 7) is 7.83. The van der Waals surface area contributed by atoms with Crippen LogP contribution in [0, 0.1) is 5.92 Å². The molecule has 3 heterocycles. The van der Waals surface area contributed by atoms with Crippen LogP contribution in [0.1, 0.15) is 51.3 Å². The topological polar surface area (TPSA) is 41.1 Å². The monoisotopic (exact) mass is 280 g/mol. The fraction of sp³-hybridized carbons (Fsp3) is 0.857. The van der Waals surface area contributed by atoms with E-state index >= 15 is 0 Å². The second-order valence-electron chi connectivity index (χ2n) is 6.12. The average Bonchev–Trinajstić information content (AvgIpc) is 3.11. The first-order valence-electron chi connectivity index (χ1n) is 7.56. The zero-order valence-electron chi connectivity index (χ0n) is 11.9. The second kappa shape index (κ2) is 5.75. The van der Waals surface area contributed by atoms with Crippen LogP contribution in [0.4, 0.5) is 5.13 Å². The summed E-state index contributed by atoms with van der Waals surface area (Å²) in [6.07, 6.45) is 5.34. The predicted molar refractivity (Wildman–Crippen MR) is 80.0 cm³/mol. The lowest BCUT2D eigenvalue weighted by Gasteiger charge is -2.34. The first-order chi connectivity index (χ1) is 9.24. The van der Waals surface area contributed by atoms with E-state index in [9.17, 15) is 0 Å². The van der Waals surface area contributed by atoms with Crippen molar-refractivity contribution in [3.63, 3.8) is 0 Å². The van der Waals surface area contributed by atoms with Crippen LogP contribution >= 0.6 is 11.5 Å². The highest BCUT2D eigenvalue weighted by Crippen LogP contribution is 2.29. The van der Waals surface area contributed by atoms with Crippen LogP contribution in [-0.2, 0) is 0 Å². The maximum atomic E-state index is 4.67. The number of piperidine rings is 1. The molecule has 0 saturated carbocycles. The number of nitrogens with one attached hydrogen (secondary N) is 1. The minimum atomic E-state index is 0.435. The van der Waals surface area contributed by atoms with Gasteiger partial charge in [-0.1, -0.05) is 13.8 Å². The number of rotatable bonds is 3. The van der Waals surface area contributed by atoms with Crippen molar-refractivity contribution in [2.45, 2.75) is 51.5 Å². The number of hydrogen-bond donors (Lipinski definition) is 1. The van der Waals surface area contributed by atoms with Crippen LogP contribution in [0.3, 0.4) is 0 Å². The summed E-state index contributed by atoms with van der Waals surface area (Å²) in [7, 11) is 0. The van der Waals surface area contributed by atoms with Gasteiger partial charge in [-0.2, -0.15) is 4.37 Å². The lowest BCUT2D eigenvalue weighted by Crippen LogP contribution is -2.40. The quantitative estimate of drug-likeness (QED) is 0.924. The Labute approximate surface area is 119 Å². The van der Waals surface area contributed by atoms with Crippen molar-refractivity contribution in [2.75, 3.05) is 24.5 Å². The van der Waals surface area contributed by atoms with Crippen molar-refractivity contribution in [3.8, 4) is 0 Å². The molecule has 5 heteroatoms. The molecule has 2 aliphatic rings. The number of anilines is 1. The Hall–Kier alpha value is -0.680. The van der Waals surface area contributed by atoms with Crippen LogP contribution in [0.2, 0.25) is 0 Å². The molecule has 0 spiro atoms. The second-order valence-corrected chi connectivity index (χ2v) is 6.85. The van der Waals surface area contributed by atoms with Crippen LogP contribution in [0.5, 0.6) is 0 Å². The van der Waals surface area contributed by atoms with Gasteiger partial charge in [0.05, 0.1) is 0 Å². The molecular weight excluding hydrogens is 256 g/mol. The normalized spacial score (nSPS) is 25.4. The fourth-order valence-corrected chi connectivity index (χ4v) is 4.06. The minimum absolute atomic E-state index is 0.435. The minimum Gasteiger partial charge on any atom is -0.347 e. The van der Waals surface area contributed by atoms with Gasteiger partial charge in [-0.25, -0.2) is 4.98 Å². The predicted octanol–water partition coefficient (Wildman–Crippen LogP) is 2.63. The van der Waals surface area contributed by atoms with Crippen LogP contribution in [0.25, 0.3) is 0 Å². The van der Waals surface area contributed by atoms with E-state index in [4.69, 9.17) is 0 Å². The molecule has 0 bridgehead atoms.